The van der Waals surface area contributed by atoms with E-state index in [0.29, 0.717) is 43.0 Å². The van der Waals surface area contributed by atoms with Crippen molar-refractivity contribution in [1.82, 2.24) is 15.1 Å². The van der Waals surface area contributed by atoms with Crippen LogP contribution in [0.15, 0.2) is 18.2 Å². The molecule has 2 fully saturated rings. The highest BCUT2D eigenvalue weighted by Crippen LogP contribution is 2.34. The number of benzene rings is 1. The molecule has 1 aromatic carbocycles. The molecule has 0 aromatic heterocycles. The Hall–Kier alpha value is -2.77. The molecule has 4 amide bonds. The van der Waals surface area contributed by atoms with Gasteiger partial charge in [0.25, 0.3) is 11.8 Å². The normalized spacial score (nSPS) is 19.2. The van der Waals surface area contributed by atoms with Gasteiger partial charge in [0.15, 0.2) is 11.5 Å². The minimum absolute atomic E-state index is 0.185. The summed E-state index contributed by atoms with van der Waals surface area (Å²) in [6.07, 6.45) is 0.778. The van der Waals surface area contributed by atoms with Crippen LogP contribution in [0.25, 0.3) is 0 Å². The van der Waals surface area contributed by atoms with E-state index in [1.807, 2.05) is 0 Å². The maximum atomic E-state index is 12.9. The molecule has 1 spiro atoms. The van der Waals surface area contributed by atoms with Gasteiger partial charge in [-0.1, -0.05) is 6.07 Å². The Kier molecular flexibility index (Phi) is 4.28. The van der Waals surface area contributed by atoms with Crippen LogP contribution >= 0.6 is 0 Å². The summed E-state index contributed by atoms with van der Waals surface area (Å²) < 4.78 is 10.6. The molecular weight excluding hydrogens is 326 g/mol. The van der Waals surface area contributed by atoms with Crippen molar-refractivity contribution in [1.29, 1.82) is 0 Å². The number of hydrogen-bond acceptors (Lipinski definition) is 5. The van der Waals surface area contributed by atoms with E-state index in [1.54, 1.807) is 23.1 Å². The molecule has 3 rings (SSSR count). The van der Waals surface area contributed by atoms with Crippen molar-refractivity contribution in [2.24, 2.45) is 0 Å². The molecule has 2 aliphatic heterocycles. The molecule has 2 aliphatic rings. The second-order valence-corrected chi connectivity index (χ2v) is 6.21. The second-order valence-electron chi connectivity index (χ2n) is 6.21. The maximum absolute atomic E-state index is 12.9. The number of para-hydroxylation sites is 1. The van der Waals surface area contributed by atoms with Gasteiger partial charge in [0.2, 0.25) is 0 Å². The average Bonchev–Trinajstić information content (AvgIpc) is 2.84. The first-order valence-corrected chi connectivity index (χ1v) is 8.04. The summed E-state index contributed by atoms with van der Waals surface area (Å²) in [7, 11) is 4.47. The Morgan fingerprint density at radius 3 is 2.36 bits per heavy atom. The third-order valence-electron chi connectivity index (χ3n) is 4.90. The van der Waals surface area contributed by atoms with Crippen LogP contribution < -0.4 is 14.8 Å². The molecule has 2 heterocycles. The van der Waals surface area contributed by atoms with Crippen molar-refractivity contribution in [3.05, 3.63) is 23.8 Å². The fourth-order valence-corrected chi connectivity index (χ4v) is 3.41. The van der Waals surface area contributed by atoms with E-state index in [4.69, 9.17) is 9.47 Å². The molecule has 0 saturated carbocycles. The largest absolute Gasteiger partial charge is 0.493 e. The first-order chi connectivity index (χ1) is 11.9. The molecule has 25 heavy (non-hydrogen) atoms. The Morgan fingerprint density at radius 2 is 1.84 bits per heavy atom. The maximum Gasteiger partial charge on any atom is 0.324 e. The van der Waals surface area contributed by atoms with Crippen LogP contribution in [0.5, 0.6) is 11.5 Å². The molecule has 2 saturated heterocycles. The van der Waals surface area contributed by atoms with Gasteiger partial charge < -0.3 is 19.7 Å². The molecule has 0 aliphatic carbocycles. The van der Waals surface area contributed by atoms with Gasteiger partial charge >= 0.3 is 6.03 Å². The standard InChI is InChI=1S/C17H21N3O5/c1-19-15(22)17(18-16(19)23)7-9-20(10-8-17)14(21)11-5-4-6-12(24-2)13(11)25-3/h4-6H,7-10H2,1-3H3,(H,18,23). The quantitative estimate of drug-likeness (QED) is 0.820. The molecule has 1 aromatic rings. The first-order valence-electron chi connectivity index (χ1n) is 8.04. The zero-order chi connectivity index (χ0) is 18.2. The number of carbonyl (C=O) groups is 3. The van der Waals surface area contributed by atoms with Crippen LogP contribution in [-0.4, -0.2) is 67.5 Å². The van der Waals surface area contributed by atoms with Crippen LogP contribution in [0.1, 0.15) is 23.2 Å². The van der Waals surface area contributed by atoms with Crippen LogP contribution in [0.4, 0.5) is 4.79 Å². The number of imide groups is 1. The molecule has 8 heteroatoms. The molecule has 134 valence electrons. The van der Waals surface area contributed by atoms with Gasteiger partial charge in [-0.15, -0.1) is 0 Å². The first kappa shape index (κ1) is 17.1. The third kappa shape index (κ3) is 2.67. The van der Waals surface area contributed by atoms with E-state index in [2.05, 4.69) is 5.32 Å². The van der Waals surface area contributed by atoms with Crippen molar-refractivity contribution in [3.8, 4) is 11.5 Å². The number of methoxy groups -OCH3 is 2. The number of nitrogens with zero attached hydrogens (tertiary/aromatic N) is 2. The van der Waals surface area contributed by atoms with E-state index in [-0.39, 0.29) is 17.8 Å². The van der Waals surface area contributed by atoms with Gasteiger partial charge in [-0.05, 0) is 25.0 Å². The van der Waals surface area contributed by atoms with Crippen molar-refractivity contribution in [3.63, 3.8) is 0 Å². The smallest absolute Gasteiger partial charge is 0.324 e. The fraction of sp³-hybridized carbons (Fsp3) is 0.471. The third-order valence-corrected chi connectivity index (χ3v) is 4.90. The summed E-state index contributed by atoms with van der Waals surface area (Å²) in [5.41, 5.74) is -0.474. The summed E-state index contributed by atoms with van der Waals surface area (Å²) in [6.45, 7) is 0.748. The number of urea groups is 1. The van der Waals surface area contributed by atoms with E-state index in [1.165, 1.54) is 21.3 Å². The topological polar surface area (TPSA) is 88.2 Å². The lowest BCUT2D eigenvalue weighted by Crippen LogP contribution is -2.55. The van der Waals surface area contributed by atoms with Gasteiger partial charge in [-0.3, -0.25) is 14.5 Å². The molecule has 8 nitrogen and oxygen atoms in total. The minimum Gasteiger partial charge on any atom is -0.493 e. The Bertz CT molecular complexity index is 725. The van der Waals surface area contributed by atoms with Gasteiger partial charge in [0.1, 0.15) is 5.54 Å². The van der Waals surface area contributed by atoms with Crippen molar-refractivity contribution in [2.45, 2.75) is 18.4 Å². The number of hydrogen-bond donors (Lipinski definition) is 1. The lowest BCUT2D eigenvalue weighted by molar-refractivity contribution is -0.131. The number of likely N-dealkylation sites (tertiary alicyclic amines) is 1. The highest BCUT2D eigenvalue weighted by Gasteiger charge is 2.51. The summed E-state index contributed by atoms with van der Waals surface area (Å²) in [6, 6.07) is 4.75. The van der Waals surface area contributed by atoms with Gasteiger partial charge in [0.05, 0.1) is 19.8 Å². The van der Waals surface area contributed by atoms with Gasteiger partial charge in [-0.25, -0.2) is 4.79 Å². The predicted octanol–water partition coefficient (Wildman–Crippen LogP) is 0.860. The predicted molar refractivity (Wildman–Crippen MR) is 88.7 cm³/mol. The van der Waals surface area contributed by atoms with Crippen molar-refractivity contribution < 1.29 is 23.9 Å². The van der Waals surface area contributed by atoms with E-state index in [9.17, 15) is 14.4 Å². The average molecular weight is 347 g/mol. The number of nitrogens with one attached hydrogen (secondary N) is 1. The number of piperidine rings is 1. The van der Waals surface area contributed by atoms with E-state index < -0.39 is 5.54 Å². The Balaban J connectivity index is 1.77. The zero-order valence-electron chi connectivity index (χ0n) is 14.5. The summed E-state index contributed by atoms with van der Waals surface area (Å²) in [4.78, 5) is 39.7. The highest BCUT2D eigenvalue weighted by molar-refractivity contribution is 6.07. The minimum atomic E-state index is -0.888. The zero-order valence-corrected chi connectivity index (χ0v) is 14.5. The van der Waals surface area contributed by atoms with E-state index in [0.717, 1.165) is 4.90 Å². The molecular formula is C17H21N3O5. The summed E-state index contributed by atoms with van der Waals surface area (Å²) >= 11 is 0. The number of ether oxygens (including phenoxy) is 2. The Labute approximate surface area is 145 Å². The highest BCUT2D eigenvalue weighted by atomic mass is 16.5. The van der Waals surface area contributed by atoms with Gasteiger partial charge in [-0.2, -0.15) is 0 Å². The fourth-order valence-electron chi connectivity index (χ4n) is 3.41. The van der Waals surface area contributed by atoms with Crippen LogP contribution in [0.2, 0.25) is 0 Å². The monoisotopic (exact) mass is 347 g/mol. The molecule has 0 atom stereocenters. The number of rotatable bonds is 3. The lowest BCUT2D eigenvalue weighted by Gasteiger charge is -2.37. The van der Waals surface area contributed by atoms with E-state index >= 15 is 0 Å². The Morgan fingerprint density at radius 1 is 1.16 bits per heavy atom. The number of amides is 4. The second kappa shape index (κ2) is 6.27. The van der Waals surface area contributed by atoms with Gasteiger partial charge in [0, 0.05) is 20.1 Å². The molecule has 0 unspecified atom stereocenters. The lowest BCUT2D eigenvalue weighted by atomic mass is 9.87. The molecule has 0 bridgehead atoms. The number of carbonyl (C=O) groups excluding carboxylic acids is 3. The van der Waals surface area contributed by atoms with Crippen molar-refractivity contribution >= 4 is 17.8 Å². The van der Waals surface area contributed by atoms with Crippen LogP contribution in [0, 0.1) is 0 Å². The van der Waals surface area contributed by atoms with Crippen LogP contribution in [0.3, 0.4) is 0 Å². The SMILES string of the molecule is COc1cccc(C(=O)N2CCC3(CC2)NC(=O)N(C)C3=O)c1OC. The summed E-state index contributed by atoms with van der Waals surface area (Å²) in [5, 5.41) is 2.76. The van der Waals surface area contributed by atoms with Crippen LogP contribution in [-0.2, 0) is 4.79 Å². The summed E-state index contributed by atoms with van der Waals surface area (Å²) in [5.74, 6) is 0.459. The molecule has 0 radical (unpaired) electrons. The number of likely N-dealkylation sites (N-methyl/N-ethyl adjacent to an activating group) is 1. The molecule has 1 N–H and O–H groups in total. The van der Waals surface area contributed by atoms with Crippen molar-refractivity contribution in [2.75, 3.05) is 34.4 Å².